The Morgan fingerprint density at radius 3 is 2.27 bits per heavy atom. The molecule has 0 radical (unpaired) electrons. The number of likely N-dealkylation sites (tertiary alicyclic amines) is 1. The third-order valence-corrected chi connectivity index (χ3v) is 5.26. The Morgan fingerprint density at radius 1 is 1.13 bits per heavy atom. The van der Waals surface area contributed by atoms with Crippen molar-refractivity contribution in [2.24, 2.45) is 11.7 Å². The number of thiol groups is 1. The van der Waals surface area contributed by atoms with E-state index in [0.717, 1.165) is 0 Å². The summed E-state index contributed by atoms with van der Waals surface area (Å²) >= 11 is 3.92. The zero-order valence-corrected chi connectivity index (χ0v) is 17.9. The Bertz CT molecular complexity index is 673. The number of carbonyl (C=O) groups is 5. The molecule has 4 unspecified atom stereocenters. The molecular weight excluding hydrogens is 416 g/mol. The van der Waals surface area contributed by atoms with Gasteiger partial charge in [0.25, 0.3) is 0 Å². The molecule has 0 spiro atoms. The summed E-state index contributed by atoms with van der Waals surface area (Å²) in [5.74, 6) is -4.55. The van der Waals surface area contributed by atoms with Gasteiger partial charge >= 0.3 is 11.9 Å². The maximum absolute atomic E-state index is 12.9. The molecule has 1 aliphatic rings. The molecule has 0 aliphatic carbocycles. The number of hydrogen-bond acceptors (Lipinski definition) is 7. The molecule has 170 valence electrons. The molecule has 11 nitrogen and oxygen atoms in total. The van der Waals surface area contributed by atoms with Crippen molar-refractivity contribution >= 4 is 42.3 Å². The monoisotopic (exact) mass is 446 g/mol. The second-order valence-electron chi connectivity index (χ2n) is 7.54. The number of carboxylic acid groups (broad SMARTS) is 2. The predicted octanol–water partition coefficient (Wildman–Crippen LogP) is -1.19. The summed E-state index contributed by atoms with van der Waals surface area (Å²) < 4.78 is 0. The average Bonchev–Trinajstić information content (AvgIpc) is 3.17. The molecule has 0 aromatic carbocycles. The SMILES string of the molecule is CC(C)C(NC(=O)C(CCC(=O)O)NC(=O)C(N)CS)C(=O)N1CCCC1C(=O)O. The molecule has 1 fully saturated rings. The fourth-order valence-electron chi connectivity index (χ4n) is 3.13. The lowest BCUT2D eigenvalue weighted by molar-refractivity contribution is -0.150. The van der Waals surface area contributed by atoms with E-state index in [1.807, 2.05) is 0 Å². The molecule has 1 rings (SSSR count). The second-order valence-corrected chi connectivity index (χ2v) is 7.91. The zero-order chi connectivity index (χ0) is 23.0. The number of nitrogens with one attached hydrogen (secondary N) is 2. The average molecular weight is 447 g/mol. The summed E-state index contributed by atoms with van der Waals surface area (Å²) in [4.78, 5) is 61.3. The summed E-state index contributed by atoms with van der Waals surface area (Å²) in [6.45, 7) is 3.65. The van der Waals surface area contributed by atoms with Crippen LogP contribution in [0.4, 0.5) is 0 Å². The van der Waals surface area contributed by atoms with Crippen molar-refractivity contribution in [3.05, 3.63) is 0 Å². The first-order chi connectivity index (χ1) is 14.0. The zero-order valence-electron chi connectivity index (χ0n) is 17.0. The van der Waals surface area contributed by atoms with Gasteiger partial charge in [0.15, 0.2) is 0 Å². The first-order valence-corrected chi connectivity index (χ1v) is 10.3. The van der Waals surface area contributed by atoms with Crippen molar-refractivity contribution in [2.75, 3.05) is 12.3 Å². The number of amides is 3. The molecule has 12 heteroatoms. The van der Waals surface area contributed by atoms with E-state index < -0.39 is 53.8 Å². The van der Waals surface area contributed by atoms with Crippen LogP contribution in [0.5, 0.6) is 0 Å². The molecule has 4 atom stereocenters. The van der Waals surface area contributed by atoms with Gasteiger partial charge in [0.05, 0.1) is 6.04 Å². The third kappa shape index (κ3) is 7.17. The summed E-state index contributed by atoms with van der Waals surface area (Å²) in [5, 5.41) is 23.2. The van der Waals surface area contributed by atoms with E-state index in [-0.39, 0.29) is 31.1 Å². The van der Waals surface area contributed by atoms with Crippen LogP contribution in [0.2, 0.25) is 0 Å². The largest absolute Gasteiger partial charge is 0.481 e. The molecular formula is C18H30N4O7S. The van der Waals surface area contributed by atoms with Crippen LogP contribution in [-0.2, 0) is 24.0 Å². The summed E-state index contributed by atoms with van der Waals surface area (Å²) in [5.41, 5.74) is 5.59. The van der Waals surface area contributed by atoms with Gasteiger partial charge in [0, 0.05) is 18.7 Å². The van der Waals surface area contributed by atoms with Gasteiger partial charge in [0.2, 0.25) is 17.7 Å². The highest BCUT2D eigenvalue weighted by Crippen LogP contribution is 2.20. The predicted molar refractivity (Wildman–Crippen MR) is 110 cm³/mol. The van der Waals surface area contributed by atoms with E-state index in [2.05, 4.69) is 23.3 Å². The highest BCUT2D eigenvalue weighted by molar-refractivity contribution is 7.80. The Kier molecular flexibility index (Phi) is 10.1. The quantitative estimate of drug-likeness (QED) is 0.214. The lowest BCUT2D eigenvalue weighted by atomic mass is 10.0. The first-order valence-electron chi connectivity index (χ1n) is 9.71. The Balaban J connectivity index is 2.97. The maximum atomic E-state index is 12.9. The summed E-state index contributed by atoms with van der Waals surface area (Å²) in [7, 11) is 0. The maximum Gasteiger partial charge on any atom is 0.326 e. The molecule has 0 saturated carbocycles. The fourth-order valence-corrected chi connectivity index (χ4v) is 3.30. The third-order valence-electron chi connectivity index (χ3n) is 4.86. The number of rotatable bonds is 11. The standard InChI is InChI=1S/C18H30N4O7S/c1-9(2)14(17(27)22-7-3-4-12(22)18(28)29)21-16(26)11(5-6-13(23)24)20-15(25)10(19)8-30/h9-12,14,30H,3-8,19H2,1-2H3,(H,20,25)(H,21,26)(H,23,24)(H,28,29). The normalized spacial score (nSPS) is 19.1. The molecule has 30 heavy (non-hydrogen) atoms. The van der Waals surface area contributed by atoms with Crippen LogP contribution in [0.1, 0.15) is 39.5 Å². The molecule has 1 heterocycles. The number of aliphatic carboxylic acids is 2. The van der Waals surface area contributed by atoms with Crippen LogP contribution in [0.3, 0.4) is 0 Å². The van der Waals surface area contributed by atoms with Crippen LogP contribution in [-0.4, -0.2) is 81.2 Å². The fraction of sp³-hybridized carbons (Fsp3) is 0.722. The topological polar surface area (TPSA) is 179 Å². The van der Waals surface area contributed by atoms with Crippen LogP contribution in [0, 0.1) is 5.92 Å². The van der Waals surface area contributed by atoms with Gasteiger partial charge in [-0.1, -0.05) is 13.8 Å². The van der Waals surface area contributed by atoms with Gasteiger partial charge in [0.1, 0.15) is 18.1 Å². The van der Waals surface area contributed by atoms with Gasteiger partial charge in [-0.15, -0.1) is 0 Å². The molecule has 0 bridgehead atoms. The van der Waals surface area contributed by atoms with Crippen molar-refractivity contribution in [1.82, 2.24) is 15.5 Å². The van der Waals surface area contributed by atoms with E-state index in [4.69, 9.17) is 10.8 Å². The number of carboxylic acids is 2. The summed E-state index contributed by atoms with van der Waals surface area (Å²) in [6, 6.07) is -4.19. The number of hydrogen-bond donors (Lipinski definition) is 6. The van der Waals surface area contributed by atoms with E-state index in [1.54, 1.807) is 13.8 Å². The minimum atomic E-state index is -1.22. The van der Waals surface area contributed by atoms with Gasteiger partial charge in [-0.25, -0.2) is 4.79 Å². The molecule has 0 aromatic heterocycles. The molecule has 6 N–H and O–H groups in total. The van der Waals surface area contributed by atoms with Gasteiger partial charge in [-0.2, -0.15) is 12.6 Å². The number of carbonyl (C=O) groups excluding carboxylic acids is 3. The van der Waals surface area contributed by atoms with Crippen LogP contribution in [0.15, 0.2) is 0 Å². The molecule has 3 amide bonds. The van der Waals surface area contributed by atoms with Crippen molar-refractivity contribution in [1.29, 1.82) is 0 Å². The summed E-state index contributed by atoms with van der Waals surface area (Å²) in [6.07, 6.45) is 0.285. The van der Waals surface area contributed by atoms with Gasteiger partial charge in [-0.05, 0) is 25.2 Å². The Hall–Kier alpha value is -2.34. The van der Waals surface area contributed by atoms with E-state index in [9.17, 15) is 29.1 Å². The van der Waals surface area contributed by atoms with Crippen LogP contribution in [0.25, 0.3) is 0 Å². The van der Waals surface area contributed by atoms with Gasteiger partial charge < -0.3 is 31.5 Å². The van der Waals surface area contributed by atoms with Crippen molar-refractivity contribution in [3.8, 4) is 0 Å². The van der Waals surface area contributed by atoms with Crippen LogP contribution >= 0.6 is 12.6 Å². The minimum Gasteiger partial charge on any atom is -0.481 e. The minimum absolute atomic E-state index is 0.0255. The lowest BCUT2D eigenvalue weighted by Gasteiger charge is -2.30. The number of nitrogens with zero attached hydrogens (tertiary/aromatic N) is 1. The Labute approximate surface area is 180 Å². The lowest BCUT2D eigenvalue weighted by Crippen LogP contribution is -2.58. The molecule has 1 aliphatic heterocycles. The van der Waals surface area contributed by atoms with Gasteiger partial charge in [-0.3, -0.25) is 19.2 Å². The highest BCUT2D eigenvalue weighted by atomic mass is 32.1. The first kappa shape index (κ1) is 25.7. The molecule has 0 aromatic rings. The smallest absolute Gasteiger partial charge is 0.326 e. The van der Waals surface area contributed by atoms with Crippen LogP contribution < -0.4 is 16.4 Å². The van der Waals surface area contributed by atoms with E-state index >= 15 is 0 Å². The van der Waals surface area contributed by atoms with Crippen molar-refractivity contribution in [2.45, 2.75) is 63.7 Å². The van der Waals surface area contributed by atoms with E-state index in [1.165, 1.54) is 4.90 Å². The number of nitrogens with two attached hydrogens (primary N) is 1. The second kappa shape index (κ2) is 11.7. The highest BCUT2D eigenvalue weighted by Gasteiger charge is 2.39. The molecule has 1 saturated heterocycles. The van der Waals surface area contributed by atoms with Crippen molar-refractivity contribution < 1.29 is 34.2 Å². The van der Waals surface area contributed by atoms with E-state index in [0.29, 0.717) is 12.8 Å². The van der Waals surface area contributed by atoms with Crippen molar-refractivity contribution in [3.63, 3.8) is 0 Å². The Morgan fingerprint density at radius 2 is 1.77 bits per heavy atom.